The zero-order valence-corrected chi connectivity index (χ0v) is 16.5. The van der Waals surface area contributed by atoms with Gasteiger partial charge in [0.15, 0.2) is 0 Å². The van der Waals surface area contributed by atoms with Crippen LogP contribution in [-0.2, 0) is 17.7 Å². The van der Waals surface area contributed by atoms with Gasteiger partial charge >= 0.3 is 0 Å². The van der Waals surface area contributed by atoms with Crippen molar-refractivity contribution in [2.45, 2.75) is 19.1 Å². The normalized spacial score (nSPS) is 16.6. The van der Waals surface area contributed by atoms with E-state index in [1.807, 2.05) is 64.3 Å². The molecule has 29 heavy (non-hydrogen) atoms. The minimum absolute atomic E-state index is 0.0212. The molecule has 150 valence electrons. The second-order valence-electron chi connectivity index (χ2n) is 7.20. The standard InChI is InChI=1S/C23H25N3O3/c1-28-21-8-3-5-18(14-21)15-22-17-25(11-12-29-22)23(27)20-7-2-6-19(13-20)16-26-10-4-9-24-26/h2-10,13-14,22H,11-12,15-17H2,1H3/t22-/m0/s1. The van der Waals surface area contributed by atoms with Crippen LogP contribution in [0, 0.1) is 0 Å². The molecule has 1 amide bonds. The molecule has 1 aromatic heterocycles. The fraction of sp³-hybridized carbons (Fsp3) is 0.304. The summed E-state index contributed by atoms with van der Waals surface area (Å²) in [5.41, 5.74) is 2.90. The second kappa shape index (κ2) is 8.92. The molecule has 2 heterocycles. The topological polar surface area (TPSA) is 56.6 Å². The highest BCUT2D eigenvalue weighted by atomic mass is 16.5. The molecule has 1 aliphatic rings. The average Bonchev–Trinajstić information content (AvgIpc) is 3.27. The van der Waals surface area contributed by atoms with Gasteiger partial charge in [0, 0.05) is 37.5 Å². The van der Waals surface area contributed by atoms with Crippen LogP contribution in [0.2, 0.25) is 0 Å². The van der Waals surface area contributed by atoms with Gasteiger partial charge in [-0.05, 0) is 41.5 Å². The van der Waals surface area contributed by atoms with Crippen LogP contribution >= 0.6 is 0 Å². The molecule has 0 N–H and O–H groups in total. The Morgan fingerprint density at radius 2 is 2.03 bits per heavy atom. The Morgan fingerprint density at radius 3 is 2.86 bits per heavy atom. The second-order valence-corrected chi connectivity index (χ2v) is 7.20. The Balaban J connectivity index is 1.42. The van der Waals surface area contributed by atoms with Crippen molar-refractivity contribution in [1.29, 1.82) is 0 Å². The molecule has 6 nitrogen and oxygen atoms in total. The first-order valence-electron chi connectivity index (χ1n) is 9.81. The fourth-order valence-electron chi connectivity index (χ4n) is 3.66. The van der Waals surface area contributed by atoms with Gasteiger partial charge in [0.25, 0.3) is 5.91 Å². The smallest absolute Gasteiger partial charge is 0.254 e. The number of rotatable bonds is 6. The first kappa shape index (κ1) is 19.2. The minimum Gasteiger partial charge on any atom is -0.497 e. The molecule has 0 aliphatic carbocycles. The van der Waals surface area contributed by atoms with Gasteiger partial charge in [0.1, 0.15) is 5.75 Å². The maximum absolute atomic E-state index is 13.1. The zero-order chi connectivity index (χ0) is 20.1. The van der Waals surface area contributed by atoms with E-state index in [-0.39, 0.29) is 12.0 Å². The summed E-state index contributed by atoms with van der Waals surface area (Å²) in [6, 6.07) is 17.7. The Morgan fingerprint density at radius 1 is 1.17 bits per heavy atom. The molecular formula is C23H25N3O3. The predicted octanol–water partition coefficient (Wildman–Crippen LogP) is 3.02. The van der Waals surface area contributed by atoms with Crippen LogP contribution in [-0.4, -0.2) is 53.5 Å². The molecule has 1 fully saturated rings. The number of methoxy groups -OCH3 is 1. The highest BCUT2D eigenvalue weighted by molar-refractivity contribution is 5.94. The maximum atomic E-state index is 13.1. The van der Waals surface area contributed by atoms with Crippen LogP contribution in [0.3, 0.4) is 0 Å². The van der Waals surface area contributed by atoms with Crippen molar-refractivity contribution >= 4 is 5.91 Å². The van der Waals surface area contributed by atoms with E-state index in [4.69, 9.17) is 9.47 Å². The van der Waals surface area contributed by atoms with Crippen molar-refractivity contribution in [1.82, 2.24) is 14.7 Å². The van der Waals surface area contributed by atoms with Gasteiger partial charge in [0.2, 0.25) is 0 Å². The van der Waals surface area contributed by atoms with Gasteiger partial charge in [0.05, 0.1) is 26.4 Å². The summed E-state index contributed by atoms with van der Waals surface area (Å²) >= 11 is 0. The van der Waals surface area contributed by atoms with E-state index in [9.17, 15) is 4.79 Å². The predicted molar refractivity (Wildman–Crippen MR) is 110 cm³/mol. The van der Waals surface area contributed by atoms with E-state index in [0.29, 0.717) is 31.8 Å². The van der Waals surface area contributed by atoms with Crippen LogP contribution < -0.4 is 4.74 Å². The molecule has 0 saturated carbocycles. The quantitative estimate of drug-likeness (QED) is 0.648. The van der Waals surface area contributed by atoms with Crippen LogP contribution in [0.15, 0.2) is 67.0 Å². The SMILES string of the molecule is COc1cccc(C[C@H]2CN(C(=O)c3cccc(Cn4cccn4)c3)CCO2)c1. The summed E-state index contributed by atoms with van der Waals surface area (Å²) in [6.45, 7) is 2.39. The van der Waals surface area contributed by atoms with Crippen molar-refractivity contribution in [3.8, 4) is 5.75 Å². The Labute approximate surface area is 170 Å². The summed E-state index contributed by atoms with van der Waals surface area (Å²) < 4.78 is 13.1. The third kappa shape index (κ3) is 4.84. The maximum Gasteiger partial charge on any atom is 0.254 e. The Kier molecular flexibility index (Phi) is 5.91. The Bertz CT molecular complexity index is 956. The molecule has 0 bridgehead atoms. The number of morpholine rings is 1. The lowest BCUT2D eigenvalue weighted by Crippen LogP contribution is -2.46. The van der Waals surface area contributed by atoms with Crippen molar-refractivity contribution in [2.75, 3.05) is 26.8 Å². The zero-order valence-electron chi connectivity index (χ0n) is 16.5. The number of hydrogen-bond donors (Lipinski definition) is 0. The lowest BCUT2D eigenvalue weighted by molar-refractivity contribution is -0.0208. The van der Waals surface area contributed by atoms with Crippen molar-refractivity contribution in [3.63, 3.8) is 0 Å². The first-order valence-corrected chi connectivity index (χ1v) is 9.81. The van der Waals surface area contributed by atoms with Crippen molar-refractivity contribution in [3.05, 3.63) is 83.7 Å². The van der Waals surface area contributed by atoms with E-state index >= 15 is 0 Å². The van der Waals surface area contributed by atoms with Crippen molar-refractivity contribution in [2.24, 2.45) is 0 Å². The summed E-state index contributed by atoms with van der Waals surface area (Å²) in [5.74, 6) is 0.881. The third-order valence-corrected chi connectivity index (χ3v) is 5.10. The molecule has 6 heteroatoms. The molecule has 4 rings (SSSR count). The largest absolute Gasteiger partial charge is 0.497 e. The van der Waals surface area contributed by atoms with Gasteiger partial charge in [-0.15, -0.1) is 0 Å². The van der Waals surface area contributed by atoms with E-state index < -0.39 is 0 Å². The molecular weight excluding hydrogens is 366 g/mol. The minimum atomic E-state index is -0.0212. The van der Waals surface area contributed by atoms with Crippen LogP contribution in [0.25, 0.3) is 0 Å². The van der Waals surface area contributed by atoms with Gasteiger partial charge in [-0.1, -0.05) is 24.3 Å². The monoisotopic (exact) mass is 391 g/mol. The van der Waals surface area contributed by atoms with Gasteiger partial charge in [-0.25, -0.2) is 0 Å². The fourth-order valence-corrected chi connectivity index (χ4v) is 3.66. The summed E-state index contributed by atoms with van der Waals surface area (Å²) in [4.78, 5) is 15.0. The number of carbonyl (C=O) groups excluding carboxylic acids is 1. The molecule has 0 spiro atoms. The molecule has 2 aromatic carbocycles. The van der Waals surface area contributed by atoms with Crippen LogP contribution in [0.4, 0.5) is 0 Å². The number of hydrogen-bond acceptors (Lipinski definition) is 4. The molecule has 1 aliphatic heterocycles. The summed E-state index contributed by atoms with van der Waals surface area (Å²) in [6.07, 6.45) is 4.40. The summed E-state index contributed by atoms with van der Waals surface area (Å²) in [5, 5.41) is 4.23. The van der Waals surface area contributed by atoms with E-state index in [1.165, 1.54) is 0 Å². The molecule has 1 saturated heterocycles. The van der Waals surface area contributed by atoms with E-state index in [0.717, 1.165) is 23.3 Å². The van der Waals surface area contributed by atoms with Crippen molar-refractivity contribution < 1.29 is 14.3 Å². The number of amides is 1. The summed E-state index contributed by atoms with van der Waals surface area (Å²) in [7, 11) is 1.66. The van der Waals surface area contributed by atoms with E-state index in [1.54, 1.807) is 13.3 Å². The van der Waals surface area contributed by atoms with Gasteiger partial charge < -0.3 is 14.4 Å². The highest BCUT2D eigenvalue weighted by Gasteiger charge is 2.25. The lowest BCUT2D eigenvalue weighted by Gasteiger charge is -2.33. The Hall–Kier alpha value is -3.12. The first-order chi connectivity index (χ1) is 14.2. The lowest BCUT2D eigenvalue weighted by atomic mass is 10.0. The number of aromatic nitrogens is 2. The van der Waals surface area contributed by atoms with Gasteiger partial charge in [-0.3, -0.25) is 9.48 Å². The molecule has 0 radical (unpaired) electrons. The average molecular weight is 391 g/mol. The van der Waals surface area contributed by atoms with Crippen LogP contribution in [0.1, 0.15) is 21.5 Å². The molecule has 0 unspecified atom stereocenters. The molecule has 3 aromatic rings. The van der Waals surface area contributed by atoms with Gasteiger partial charge in [-0.2, -0.15) is 5.10 Å². The van der Waals surface area contributed by atoms with E-state index in [2.05, 4.69) is 11.2 Å². The number of carbonyl (C=O) groups is 1. The number of nitrogens with zero attached hydrogens (tertiary/aromatic N) is 3. The molecule has 1 atom stereocenters. The third-order valence-electron chi connectivity index (χ3n) is 5.10. The van der Waals surface area contributed by atoms with Crippen LogP contribution in [0.5, 0.6) is 5.75 Å². The number of benzene rings is 2. The highest BCUT2D eigenvalue weighted by Crippen LogP contribution is 2.18. The number of ether oxygens (including phenoxy) is 2.